The van der Waals surface area contributed by atoms with Crippen molar-refractivity contribution in [3.8, 4) is 0 Å². The number of aryl methyl sites for hydroxylation is 1. The lowest BCUT2D eigenvalue weighted by molar-refractivity contribution is 0.591. The Bertz CT molecular complexity index is 570. The minimum atomic E-state index is -0.0495. The summed E-state index contributed by atoms with van der Waals surface area (Å²) in [6.07, 6.45) is 3.67. The average Bonchev–Trinajstić information content (AvgIpc) is 2.77. The molecule has 0 fully saturated rings. The van der Waals surface area contributed by atoms with Crippen LogP contribution < -0.4 is 0 Å². The molecule has 0 radical (unpaired) electrons. The molecule has 2 aromatic rings. The van der Waals surface area contributed by atoms with E-state index in [-0.39, 0.29) is 5.38 Å². The van der Waals surface area contributed by atoms with E-state index in [1.54, 1.807) is 0 Å². The predicted octanol–water partition coefficient (Wildman–Crippen LogP) is 5.65. The quantitative estimate of drug-likeness (QED) is 0.497. The van der Waals surface area contributed by atoms with Crippen LogP contribution in [0, 0.1) is 0 Å². The van der Waals surface area contributed by atoms with Gasteiger partial charge in [0.15, 0.2) is 0 Å². The van der Waals surface area contributed by atoms with E-state index >= 15 is 0 Å². The SMILES string of the molecule is CCCCCn1c(C(C)Cl)nc2cc(C(C)C)ccc21. The molecule has 0 amide bonds. The van der Waals surface area contributed by atoms with Crippen molar-refractivity contribution < 1.29 is 0 Å². The Balaban J connectivity index is 2.43. The summed E-state index contributed by atoms with van der Waals surface area (Å²) in [5, 5.41) is -0.0495. The molecular formula is C17H25ClN2. The lowest BCUT2D eigenvalue weighted by Crippen LogP contribution is -2.04. The molecular weight excluding hydrogens is 268 g/mol. The van der Waals surface area contributed by atoms with Gasteiger partial charge < -0.3 is 4.57 Å². The molecule has 0 saturated heterocycles. The second-order valence-corrected chi connectivity index (χ2v) is 6.50. The number of unbranched alkanes of at least 4 members (excludes halogenated alkanes) is 2. The molecule has 110 valence electrons. The van der Waals surface area contributed by atoms with Gasteiger partial charge in [-0.2, -0.15) is 0 Å². The standard InChI is InChI=1S/C17H25ClN2/c1-5-6-7-10-20-16-9-8-14(12(2)3)11-15(16)19-17(20)13(4)18/h8-9,11-13H,5-7,10H2,1-4H3. The lowest BCUT2D eigenvalue weighted by Gasteiger charge is -2.10. The highest BCUT2D eigenvalue weighted by Crippen LogP contribution is 2.27. The molecule has 1 heterocycles. The highest BCUT2D eigenvalue weighted by atomic mass is 35.5. The van der Waals surface area contributed by atoms with Gasteiger partial charge >= 0.3 is 0 Å². The number of halogens is 1. The van der Waals surface area contributed by atoms with E-state index in [0.717, 1.165) is 17.9 Å². The van der Waals surface area contributed by atoms with Crippen molar-refractivity contribution in [3.05, 3.63) is 29.6 Å². The van der Waals surface area contributed by atoms with Gasteiger partial charge in [-0.05, 0) is 37.0 Å². The first-order valence-electron chi connectivity index (χ1n) is 7.68. The summed E-state index contributed by atoms with van der Waals surface area (Å²) in [5.74, 6) is 1.53. The maximum Gasteiger partial charge on any atom is 0.127 e. The smallest absolute Gasteiger partial charge is 0.127 e. The van der Waals surface area contributed by atoms with E-state index in [9.17, 15) is 0 Å². The van der Waals surface area contributed by atoms with Crippen LogP contribution in [0.1, 0.15) is 69.6 Å². The van der Waals surface area contributed by atoms with Crippen molar-refractivity contribution >= 4 is 22.6 Å². The number of hydrogen-bond acceptors (Lipinski definition) is 1. The number of hydrogen-bond donors (Lipinski definition) is 0. The summed E-state index contributed by atoms with van der Waals surface area (Å²) in [7, 11) is 0. The van der Waals surface area contributed by atoms with Crippen LogP contribution in [0.2, 0.25) is 0 Å². The van der Waals surface area contributed by atoms with Crippen LogP contribution in [0.15, 0.2) is 18.2 Å². The first kappa shape index (κ1) is 15.4. The predicted molar refractivity (Wildman–Crippen MR) is 87.6 cm³/mol. The van der Waals surface area contributed by atoms with Crippen molar-refractivity contribution in [1.29, 1.82) is 0 Å². The monoisotopic (exact) mass is 292 g/mol. The molecule has 1 aromatic carbocycles. The first-order valence-corrected chi connectivity index (χ1v) is 8.12. The van der Waals surface area contributed by atoms with Gasteiger partial charge in [0.05, 0.1) is 16.4 Å². The molecule has 0 aliphatic rings. The summed E-state index contributed by atoms with van der Waals surface area (Å²) >= 11 is 6.31. The number of rotatable bonds is 6. The Morgan fingerprint density at radius 1 is 1.20 bits per heavy atom. The van der Waals surface area contributed by atoms with Crippen LogP contribution in [0.5, 0.6) is 0 Å². The third-order valence-corrected chi connectivity index (χ3v) is 4.00. The number of nitrogens with zero attached hydrogens (tertiary/aromatic N) is 2. The largest absolute Gasteiger partial charge is 0.327 e. The van der Waals surface area contributed by atoms with Crippen LogP contribution >= 0.6 is 11.6 Å². The minimum absolute atomic E-state index is 0.0495. The Morgan fingerprint density at radius 3 is 2.55 bits per heavy atom. The summed E-state index contributed by atoms with van der Waals surface area (Å²) < 4.78 is 2.30. The van der Waals surface area contributed by atoms with Crippen LogP contribution in [-0.4, -0.2) is 9.55 Å². The van der Waals surface area contributed by atoms with Gasteiger partial charge in [-0.1, -0.05) is 39.7 Å². The zero-order chi connectivity index (χ0) is 14.7. The zero-order valence-corrected chi connectivity index (χ0v) is 13.7. The lowest BCUT2D eigenvalue weighted by atomic mass is 10.0. The first-order chi connectivity index (χ1) is 9.54. The molecule has 1 atom stereocenters. The van der Waals surface area contributed by atoms with Crippen LogP contribution in [0.3, 0.4) is 0 Å². The molecule has 1 unspecified atom stereocenters. The molecule has 0 N–H and O–H groups in total. The maximum absolute atomic E-state index is 6.31. The van der Waals surface area contributed by atoms with Gasteiger partial charge in [-0.25, -0.2) is 4.98 Å². The van der Waals surface area contributed by atoms with Crippen LogP contribution in [-0.2, 0) is 6.54 Å². The third kappa shape index (κ3) is 3.17. The molecule has 20 heavy (non-hydrogen) atoms. The number of alkyl halides is 1. The van der Waals surface area contributed by atoms with Gasteiger partial charge in [0, 0.05) is 6.54 Å². The van der Waals surface area contributed by atoms with Crippen LogP contribution in [0.4, 0.5) is 0 Å². The highest BCUT2D eigenvalue weighted by molar-refractivity contribution is 6.20. The fourth-order valence-corrected chi connectivity index (χ4v) is 2.75. The topological polar surface area (TPSA) is 17.8 Å². The Morgan fingerprint density at radius 2 is 1.95 bits per heavy atom. The highest BCUT2D eigenvalue weighted by Gasteiger charge is 2.15. The van der Waals surface area contributed by atoms with E-state index < -0.39 is 0 Å². The van der Waals surface area contributed by atoms with E-state index in [0.29, 0.717) is 5.92 Å². The summed E-state index contributed by atoms with van der Waals surface area (Å²) in [6.45, 7) is 9.67. The fraction of sp³-hybridized carbons (Fsp3) is 0.588. The van der Waals surface area contributed by atoms with E-state index in [4.69, 9.17) is 16.6 Å². The minimum Gasteiger partial charge on any atom is -0.327 e. The second-order valence-electron chi connectivity index (χ2n) is 5.85. The molecule has 0 bridgehead atoms. The molecule has 0 spiro atoms. The molecule has 3 heteroatoms. The number of benzene rings is 1. The van der Waals surface area contributed by atoms with E-state index in [1.807, 2.05) is 6.92 Å². The Labute approximate surface area is 127 Å². The zero-order valence-electron chi connectivity index (χ0n) is 13.0. The number of fused-ring (bicyclic) bond motifs is 1. The van der Waals surface area contributed by atoms with Crippen molar-refractivity contribution in [2.24, 2.45) is 0 Å². The molecule has 2 nitrogen and oxygen atoms in total. The van der Waals surface area contributed by atoms with Gasteiger partial charge in [0.1, 0.15) is 5.82 Å². The van der Waals surface area contributed by atoms with Gasteiger partial charge in [0.25, 0.3) is 0 Å². The normalized spacial score (nSPS) is 13.3. The molecule has 2 rings (SSSR count). The van der Waals surface area contributed by atoms with E-state index in [1.165, 1.54) is 30.3 Å². The summed E-state index contributed by atoms with van der Waals surface area (Å²) in [5.41, 5.74) is 3.63. The number of aromatic nitrogens is 2. The molecule has 0 aliphatic carbocycles. The van der Waals surface area contributed by atoms with Crippen molar-refractivity contribution in [2.45, 2.75) is 64.8 Å². The Hall–Kier alpha value is -1.02. The van der Waals surface area contributed by atoms with Gasteiger partial charge in [-0.15, -0.1) is 11.6 Å². The summed E-state index contributed by atoms with van der Waals surface area (Å²) in [4.78, 5) is 4.76. The van der Waals surface area contributed by atoms with Gasteiger partial charge in [-0.3, -0.25) is 0 Å². The van der Waals surface area contributed by atoms with Crippen molar-refractivity contribution in [1.82, 2.24) is 9.55 Å². The van der Waals surface area contributed by atoms with Crippen molar-refractivity contribution in [2.75, 3.05) is 0 Å². The Kier molecular flexibility index (Phi) is 5.09. The summed E-state index contributed by atoms with van der Waals surface area (Å²) in [6, 6.07) is 6.62. The number of imidazole rings is 1. The van der Waals surface area contributed by atoms with Crippen molar-refractivity contribution in [3.63, 3.8) is 0 Å². The second kappa shape index (κ2) is 6.62. The third-order valence-electron chi connectivity index (χ3n) is 3.81. The molecule has 1 aromatic heterocycles. The van der Waals surface area contributed by atoms with Crippen LogP contribution in [0.25, 0.3) is 11.0 Å². The molecule has 0 aliphatic heterocycles. The average molecular weight is 293 g/mol. The van der Waals surface area contributed by atoms with Gasteiger partial charge in [0.2, 0.25) is 0 Å². The fourth-order valence-electron chi connectivity index (χ4n) is 2.58. The maximum atomic E-state index is 6.31. The van der Waals surface area contributed by atoms with E-state index in [2.05, 4.69) is 43.5 Å². The molecule has 0 saturated carbocycles.